The molecule has 0 radical (unpaired) electrons. The minimum Gasteiger partial charge on any atom is -0.393 e. The molecule has 4 N–H and O–H groups in total. The van der Waals surface area contributed by atoms with E-state index < -0.39 is 30.5 Å². The van der Waals surface area contributed by atoms with Gasteiger partial charge in [0.25, 0.3) is 0 Å². The monoisotopic (exact) mass is 208 g/mol. The molecule has 0 bridgehead atoms. The molecule has 0 saturated carbocycles. The van der Waals surface area contributed by atoms with Crippen LogP contribution in [0.2, 0.25) is 0 Å². The molecule has 84 valence electrons. The molecule has 1 aliphatic heterocycles. The standard InChI is InChI=1S/C8H16O6/c1-13-4-8(3-9)7(12)6(11)5(10)2-14-8/h5-7,9-12H,2-4H2,1H3. The highest BCUT2D eigenvalue weighted by Gasteiger charge is 2.49. The summed E-state index contributed by atoms with van der Waals surface area (Å²) < 4.78 is 9.91. The van der Waals surface area contributed by atoms with Gasteiger partial charge in [0.1, 0.15) is 23.9 Å². The molecule has 1 fully saturated rings. The van der Waals surface area contributed by atoms with E-state index in [4.69, 9.17) is 14.6 Å². The lowest BCUT2D eigenvalue weighted by atomic mass is 9.88. The number of hydrogen-bond donors (Lipinski definition) is 4. The van der Waals surface area contributed by atoms with Crippen molar-refractivity contribution in [3.05, 3.63) is 0 Å². The summed E-state index contributed by atoms with van der Waals surface area (Å²) in [5.74, 6) is 0. The first-order valence-corrected chi connectivity index (χ1v) is 4.35. The van der Waals surface area contributed by atoms with Crippen molar-refractivity contribution >= 4 is 0 Å². The van der Waals surface area contributed by atoms with Gasteiger partial charge in [0.05, 0.1) is 19.8 Å². The predicted molar refractivity (Wildman–Crippen MR) is 45.7 cm³/mol. The zero-order valence-electron chi connectivity index (χ0n) is 7.96. The summed E-state index contributed by atoms with van der Waals surface area (Å²) in [6.45, 7) is -0.664. The highest BCUT2D eigenvalue weighted by atomic mass is 16.6. The van der Waals surface area contributed by atoms with Crippen molar-refractivity contribution in [2.24, 2.45) is 0 Å². The molecule has 1 rings (SSSR count). The Morgan fingerprint density at radius 1 is 1.43 bits per heavy atom. The molecule has 0 aromatic carbocycles. The predicted octanol–water partition coefficient (Wildman–Crippen LogP) is -2.52. The first kappa shape index (κ1) is 11.8. The van der Waals surface area contributed by atoms with Gasteiger partial charge in [0, 0.05) is 7.11 Å². The molecule has 4 unspecified atom stereocenters. The second-order valence-electron chi connectivity index (χ2n) is 3.47. The van der Waals surface area contributed by atoms with Crippen LogP contribution in [0, 0.1) is 0 Å². The summed E-state index contributed by atoms with van der Waals surface area (Å²) in [6, 6.07) is 0. The second kappa shape index (κ2) is 4.52. The summed E-state index contributed by atoms with van der Waals surface area (Å²) in [7, 11) is 1.39. The van der Waals surface area contributed by atoms with E-state index in [1.807, 2.05) is 0 Å². The lowest BCUT2D eigenvalue weighted by Gasteiger charge is -2.43. The maximum absolute atomic E-state index is 9.61. The molecule has 4 atom stereocenters. The minimum atomic E-state index is -1.36. The van der Waals surface area contributed by atoms with Gasteiger partial charge >= 0.3 is 0 Å². The minimum absolute atomic E-state index is 0.0472. The lowest BCUT2D eigenvalue weighted by molar-refractivity contribution is -0.259. The van der Waals surface area contributed by atoms with Crippen molar-refractivity contribution < 1.29 is 29.9 Å². The van der Waals surface area contributed by atoms with Crippen molar-refractivity contribution in [3.63, 3.8) is 0 Å². The van der Waals surface area contributed by atoms with E-state index in [0.717, 1.165) is 0 Å². The molecule has 1 saturated heterocycles. The van der Waals surface area contributed by atoms with E-state index >= 15 is 0 Å². The van der Waals surface area contributed by atoms with E-state index in [9.17, 15) is 15.3 Å². The van der Waals surface area contributed by atoms with E-state index in [0.29, 0.717) is 0 Å². The summed E-state index contributed by atoms with van der Waals surface area (Å²) in [5.41, 5.74) is -1.34. The fraction of sp³-hybridized carbons (Fsp3) is 1.00. The molecule has 1 aliphatic rings. The average Bonchev–Trinajstić information content (AvgIpc) is 2.20. The van der Waals surface area contributed by atoms with Gasteiger partial charge in [-0.3, -0.25) is 0 Å². The summed E-state index contributed by atoms with van der Waals surface area (Å²) in [6.07, 6.45) is -3.83. The van der Waals surface area contributed by atoms with Gasteiger partial charge in [-0.05, 0) is 0 Å². The van der Waals surface area contributed by atoms with Gasteiger partial charge in [-0.1, -0.05) is 0 Å². The van der Waals surface area contributed by atoms with Gasteiger partial charge in [-0.2, -0.15) is 0 Å². The number of methoxy groups -OCH3 is 1. The smallest absolute Gasteiger partial charge is 0.143 e. The molecular weight excluding hydrogens is 192 g/mol. The van der Waals surface area contributed by atoms with Crippen LogP contribution in [0.3, 0.4) is 0 Å². The number of aliphatic hydroxyl groups excluding tert-OH is 4. The maximum Gasteiger partial charge on any atom is 0.143 e. The van der Waals surface area contributed by atoms with Crippen LogP contribution in [0.4, 0.5) is 0 Å². The SMILES string of the molecule is COCC1(CO)OCC(O)C(O)C1O. The van der Waals surface area contributed by atoms with Crippen LogP contribution in [0.25, 0.3) is 0 Å². The Morgan fingerprint density at radius 2 is 2.07 bits per heavy atom. The van der Waals surface area contributed by atoms with Crippen LogP contribution < -0.4 is 0 Å². The Balaban J connectivity index is 2.76. The molecule has 0 aliphatic carbocycles. The second-order valence-corrected chi connectivity index (χ2v) is 3.47. The van der Waals surface area contributed by atoms with Crippen molar-refractivity contribution in [3.8, 4) is 0 Å². The highest BCUT2D eigenvalue weighted by Crippen LogP contribution is 2.26. The maximum atomic E-state index is 9.61. The van der Waals surface area contributed by atoms with E-state index in [-0.39, 0.29) is 13.2 Å². The molecule has 0 spiro atoms. The highest BCUT2D eigenvalue weighted by molar-refractivity contribution is 4.98. The van der Waals surface area contributed by atoms with Crippen LogP contribution in [-0.2, 0) is 9.47 Å². The Bertz CT molecular complexity index is 187. The molecule has 1 heterocycles. The molecular formula is C8H16O6. The van der Waals surface area contributed by atoms with Crippen LogP contribution in [0.1, 0.15) is 0 Å². The van der Waals surface area contributed by atoms with Gasteiger partial charge in [-0.25, -0.2) is 0 Å². The summed E-state index contributed by atoms with van der Waals surface area (Å²) >= 11 is 0. The van der Waals surface area contributed by atoms with E-state index in [1.165, 1.54) is 7.11 Å². The molecule has 6 nitrogen and oxygen atoms in total. The fourth-order valence-electron chi connectivity index (χ4n) is 1.51. The van der Waals surface area contributed by atoms with Gasteiger partial charge in [-0.15, -0.1) is 0 Å². The number of rotatable bonds is 3. The average molecular weight is 208 g/mol. The summed E-state index contributed by atoms with van der Waals surface area (Å²) in [5, 5.41) is 37.3. The van der Waals surface area contributed by atoms with E-state index in [1.54, 1.807) is 0 Å². The van der Waals surface area contributed by atoms with Crippen molar-refractivity contribution in [2.75, 3.05) is 26.9 Å². The zero-order valence-corrected chi connectivity index (χ0v) is 7.96. The molecule has 14 heavy (non-hydrogen) atoms. The van der Waals surface area contributed by atoms with Crippen LogP contribution in [-0.4, -0.2) is 71.3 Å². The van der Waals surface area contributed by atoms with E-state index in [2.05, 4.69) is 0 Å². The Hall–Kier alpha value is -0.240. The van der Waals surface area contributed by atoms with Crippen LogP contribution in [0.15, 0.2) is 0 Å². The van der Waals surface area contributed by atoms with Crippen molar-refractivity contribution in [2.45, 2.75) is 23.9 Å². The molecule has 0 aromatic heterocycles. The Morgan fingerprint density at radius 3 is 2.57 bits per heavy atom. The van der Waals surface area contributed by atoms with Crippen molar-refractivity contribution in [1.82, 2.24) is 0 Å². The molecule has 6 heteroatoms. The first-order valence-electron chi connectivity index (χ1n) is 4.35. The van der Waals surface area contributed by atoms with Crippen molar-refractivity contribution in [1.29, 1.82) is 0 Å². The number of ether oxygens (including phenoxy) is 2. The Kier molecular flexibility index (Phi) is 3.82. The third-order valence-electron chi connectivity index (χ3n) is 2.45. The van der Waals surface area contributed by atoms with Gasteiger partial charge in [0.15, 0.2) is 0 Å². The van der Waals surface area contributed by atoms with Crippen LogP contribution in [0.5, 0.6) is 0 Å². The zero-order chi connectivity index (χ0) is 10.8. The van der Waals surface area contributed by atoms with Crippen LogP contribution >= 0.6 is 0 Å². The quantitative estimate of drug-likeness (QED) is 0.408. The lowest BCUT2D eigenvalue weighted by Crippen LogP contribution is -2.64. The summed E-state index contributed by atoms with van der Waals surface area (Å²) in [4.78, 5) is 0. The van der Waals surface area contributed by atoms with Gasteiger partial charge in [0.2, 0.25) is 0 Å². The fourth-order valence-corrected chi connectivity index (χ4v) is 1.51. The topological polar surface area (TPSA) is 99.4 Å². The molecule has 0 amide bonds. The molecule has 0 aromatic rings. The third kappa shape index (κ3) is 1.90. The normalized spacial score (nSPS) is 43.9. The largest absolute Gasteiger partial charge is 0.393 e. The van der Waals surface area contributed by atoms with Gasteiger partial charge < -0.3 is 29.9 Å². The number of hydrogen-bond acceptors (Lipinski definition) is 6. The first-order chi connectivity index (χ1) is 6.57. The number of aliphatic hydroxyl groups is 4. The Labute approximate surface area is 81.7 Å². The third-order valence-corrected chi connectivity index (χ3v) is 2.45.